The van der Waals surface area contributed by atoms with Crippen LogP contribution in [0.3, 0.4) is 0 Å². The number of nitrogens with one attached hydrogen (secondary N) is 1. The fourth-order valence-electron chi connectivity index (χ4n) is 2.05. The van der Waals surface area contributed by atoms with Crippen molar-refractivity contribution in [2.24, 2.45) is 0 Å². The number of hydrogen-bond acceptors (Lipinski definition) is 3. The highest BCUT2D eigenvalue weighted by Gasteiger charge is 2.19. The summed E-state index contributed by atoms with van der Waals surface area (Å²) in [6.45, 7) is 0. The summed E-state index contributed by atoms with van der Waals surface area (Å²) in [6.07, 6.45) is 1.43. The van der Waals surface area contributed by atoms with E-state index in [4.69, 9.17) is 9.47 Å². The van der Waals surface area contributed by atoms with E-state index in [0.717, 1.165) is 11.6 Å². The van der Waals surface area contributed by atoms with E-state index >= 15 is 0 Å². The maximum atomic E-state index is 13.3. The van der Waals surface area contributed by atoms with E-state index in [0.29, 0.717) is 17.2 Å². The van der Waals surface area contributed by atoms with Crippen molar-refractivity contribution in [2.75, 3.05) is 7.11 Å². The number of fused-ring (bicyclic) bond motifs is 1. The predicted octanol–water partition coefficient (Wildman–Crippen LogP) is 2.96. The van der Waals surface area contributed by atoms with Gasteiger partial charge in [0.15, 0.2) is 0 Å². The number of methoxy groups -OCH3 is 1. The molecule has 21 heavy (non-hydrogen) atoms. The molecule has 0 unspecified atom stereocenters. The number of ether oxygens (including phenoxy) is 2. The largest absolute Gasteiger partial charge is 0.497 e. The molecule has 1 heterocycles. The first kappa shape index (κ1) is 13.2. The van der Waals surface area contributed by atoms with Crippen LogP contribution in [0.5, 0.6) is 11.5 Å². The van der Waals surface area contributed by atoms with Crippen molar-refractivity contribution in [3.8, 4) is 11.5 Å². The lowest BCUT2D eigenvalue weighted by Crippen LogP contribution is -2.20. The van der Waals surface area contributed by atoms with Gasteiger partial charge in [0.1, 0.15) is 23.6 Å². The van der Waals surface area contributed by atoms with Crippen molar-refractivity contribution >= 4 is 11.6 Å². The maximum Gasteiger partial charge on any atom is 0.259 e. The summed E-state index contributed by atoms with van der Waals surface area (Å²) in [5.41, 5.74) is 1.37. The number of hydrogen-bond donors (Lipinski definition) is 1. The van der Waals surface area contributed by atoms with Gasteiger partial charge < -0.3 is 14.8 Å². The van der Waals surface area contributed by atoms with E-state index in [1.807, 2.05) is 6.07 Å². The molecule has 3 rings (SSSR count). The molecule has 106 valence electrons. The Morgan fingerprint density at radius 1 is 1.19 bits per heavy atom. The average molecular weight is 285 g/mol. The van der Waals surface area contributed by atoms with E-state index in [-0.39, 0.29) is 5.56 Å². The summed E-state index contributed by atoms with van der Waals surface area (Å²) in [5.74, 6) is 0.0654. The average Bonchev–Trinajstić information content (AvgIpc) is 2.67. The van der Waals surface area contributed by atoms with E-state index < -0.39 is 11.7 Å². The third-order valence-corrected chi connectivity index (χ3v) is 3.12. The minimum atomic E-state index is -0.489. The molecule has 0 saturated carbocycles. The van der Waals surface area contributed by atoms with Gasteiger partial charge in [0.2, 0.25) is 0 Å². The minimum absolute atomic E-state index is 0.157. The highest BCUT2D eigenvalue weighted by atomic mass is 19.1. The topological polar surface area (TPSA) is 47.6 Å². The standard InChI is InChI=1S/C16H12FNO3/c1-20-12-4-2-3-10(7-12)14-9-21-15-6-5-11(17)8-13(15)16(19)18-14/h2-9H,1H3,(H,18,19). The molecule has 0 spiro atoms. The van der Waals surface area contributed by atoms with Gasteiger partial charge in [0.25, 0.3) is 5.91 Å². The lowest BCUT2D eigenvalue weighted by molar-refractivity contribution is 0.0973. The number of benzene rings is 2. The highest BCUT2D eigenvalue weighted by molar-refractivity contribution is 6.02. The van der Waals surface area contributed by atoms with Gasteiger partial charge >= 0.3 is 0 Å². The second-order valence-corrected chi connectivity index (χ2v) is 4.48. The van der Waals surface area contributed by atoms with Gasteiger partial charge in [0.05, 0.1) is 18.4 Å². The first-order chi connectivity index (χ1) is 10.2. The van der Waals surface area contributed by atoms with Crippen LogP contribution >= 0.6 is 0 Å². The molecule has 0 fully saturated rings. The smallest absolute Gasteiger partial charge is 0.259 e. The van der Waals surface area contributed by atoms with Gasteiger partial charge in [0, 0.05) is 5.56 Å². The Morgan fingerprint density at radius 2 is 2.05 bits per heavy atom. The number of carbonyl (C=O) groups is 1. The lowest BCUT2D eigenvalue weighted by Gasteiger charge is -2.08. The molecule has 0 aromatic heterocycles. The minimum Gasteiger partial charge on any atom is -0.497 e. The second-order valence-electron chi connectivity index (χ2n) is 4.48. The van der Waals surface area contributed by atoms with Crippen LogP contribution in [0.25, 0.3) is 5.70 Å². The molecular formula is C16H12FNO3. The van der Waals surface area contributed by atoms with Crippen molar-refractivity contribution in [2.45, 2.75) is 0 Å². The molecule has 5 heteroatoms. The molecule has 1 aliphatic rings. The molecule has 2 aromatic carbocycles. The number of rotatable bonds is 2. The Kier molecular flexibility index (Phi) is 3.31. The molecule has 2 aromatic rings. The monoisotopic (exact) mass is 285 g/mol. The Bertz CT molecular complexity index is 740. The molecule has 1 aliphatic heterocycles. The van der Waals surface area contributed by atoms with Crippen molar-refractivity contribution < 1.29 is 18.7 Å². The molecule has 4 nitrogen and oxygen atoms in total. The predicted molar refractivity (Wildman–Crippen MR) is 75.5 cm³/mol. The van der Waals surface area contributed by atoms with Crippen LogP contribution in [0.4, 0.5) is 4.39 Å². The Labute approximate surface area is 120 Å². The molecular weight excluding hydrogens is 273 g/mol. The number of halogens is 1. The summed E-state index contributed by atoms with van der Waals surface area (Å²) in [7, 11) is 1.56. The zero-order valence-corrected chi connectivity index (χ0v) is 11.2. The van der Waals surface area contributed by atoms with Gasteiger partial charge in [-0.2, -0.15) is 0 Å². The van der Waals surface area contributed by atoms with Crippen molar-refractivity contribution in [3.63, 3.8) is 0 Å². The van der Waals surface area contributed by atoms with Gasteiger partial charge in [-0.05, 0) is 30.3 Å². The molecule has 1 amide bonds. The van der Waals surface area contributed by atoms with Crippen molar-refractivity contribution in [3.05, 3.63) is 65.7 Å². The highest BCUT2D eigenvalue weighted by Crippen LogP contribution is 2.26. The van der Waals surface area contributed by atoms with Gasteiger partial charge in [-0.3, -0.25) is 4.79 Å². The SMILES string of the molecule is COc1cccc(C2=COc3ccc(F)cc3C(=O)N2)c1. The van der Waals surface area contributed by atoms with Crippen LogP contribution in [-0.2, 0) is 0 Å². The zero-order valence-electron chi connectivity index (χ0n) is 11.2. The van der Waals surface area contributed by atoms with Gasteiger partial charge in [-0.1, -0.05) is 12.1 Å². The van der Waals surface area contributed by atoms with Crippen molar-refractivity contribution in [1.82, 2.24) is 5.32 Å². The van der Waals surface area contributed by atoms with Crippen LogP contribution in [0.15, 0.2) is 48.7 Å². The van der Waals surface area contributed by atoms with Crippen LogP contribution in [0.1, 0.15) is 15.9 Å². The Morgan fingerprint density at radius 3 is 2.86 bits per heavy atom. The third kappa shape index (κ3) is 2.58. The van der Waals surface area contributed by atoms with Crippen LogP contribution in [-0.4, -0.2) is 13.0 Å². The number of amides is 1. The summed E-state index contributed by atoms with van der Waals surface area (Å²) in [5, 5.41) is 2.70. The van der Waals surface area contributed by atoms with E-state index in [9.17, 15) is 9.18 Å². The first-order valence-electron chi connectivity index (χ1n) is 6.29. The summed E-state index contributed by atoms with van der Waals surface area (Å²) < 4.78 is 23.9. The quantitative estimate of drug-likeness (QED) is 0.922. The maximum absolute atomic E-state index is 13.3. The van der Waals surface area contributed by atoms with E-state index in [1.54, 1.807) is 25.3 Å². The lowest BCUT2D eigenvalue weighted by atomic mass is 10.1. The molecule has 0 aliphatic carbocycles. The summed E-state index contributed by atoms with van der Waals surface area (Å²) in [4.78, 5) is 12.2. The fourth-order valence-corrected chi connectivity index (χ4v) is 2.05. The molecule has 0 radical (unpaired) electrons. The molecule has 0 atom stereocenters. The van der Waals surface area contributed by atoms with Gasteiger partial charge in [-0.15, -0.1) is 0 Å². The normalized spacial score (nSPS) is 13.4. The molecule has 0 saturated heterocycles. The van der Waals surface area contributed by atoms with E-state index in [1.165, 1.54) is 18.4 Å². The Balaban J connectivity index is 1.97. The molecule has 1 N–H and O–H groups in total. The van der Waals surface area contributed by atoms with E-state index in [2.05, 4.69) is 5.32 Å². The molecule has 0 bridgehead atoms. The van der Waals surface area contributed by atoms with Gasteiger partial charge in [-0.25, -0.2) is 4.39 Å². The zero-order chi connectivity index (χ0) is 14.8. The summed E-state index contributed by atoms with van der Waals surface area (Å²) >= 11 is 0. The third-order valence-electron chi connectivity index (χ3n) is 3.12. The van der Waals surface area contributed by atoms with Crippen LogP contribution in [0.2, 0.25) is 0 Å². The Hall–Kier alpha value is -2.82. The van der Waals surface area contributed by atoms with Crippen LogP contribution < -0.4 is 14.8 Å². The second kappa shape index (κ2) is 5.28. The fraction of sp³-hybridized carbons (Fsp3) is 0.0625. The number of carbonyl (C=O) groups excluding carboxylic acids is 1. The van der Waals surface area contributed by atoms with Crippen molar-refractivity contribution in [1.29, 1.82) is 0 Å². The first-order valence-corrected chi connectivity index (χ1v) is 6.29. The van der Waals surface area contributed by atoms with Crippen LogP contribution in [0, 0.1) is 5.82 Å². The summed E-state index contributed by atoms with van der Waals surface area (Å²) in [6, 6.07) is 11.0.